The van der Waals surface area contributed by atoms with Crippen LogP contribution in [0.4, 0.5) is 0 Å². The first kappa shape index (κ1) is 32.4. The van der Waals surface area contributed by atoms with Crippen molar-refractivity contribution in [2.75, 3.05) is 0 Å². The maximum Gasteiger partial charge on any atom is 0.165 e. The molecule has 0 aliphatic carbocycles. The van der Waals surface area contributed by atoms with E-state index >= 15 is 0 Å². The number of rotatable bonds is 5. The van der Waals surface area contributed by atoms with Gasteiger partial charge in [-0.05, 0) is 87.6 Å². The summed E-state index contributed by atoms with van der Waals surface area (Å²) in [5.41, 5.74) is 14.0. The molecular formula is C54H34N4. The summed E-state index contributed by atoms with van der Waals surface area (Å²) in [6.45, 7) is 0. The van der Waals surface area contributed by atoms with Crippen LogP contribution in [-0.2, 0) is 0 Å². The number of fused-ring (bicyclic) bond motifs is 9. The first-order valence-corrected chi connectivity index (χ1v) is 19.8. The molecule has 3 heterocycles. The lowest BCUT2D eigenvalue weighted by molar-refractivity contribution is 1.08. The van der Waals surface area contributed by atoms with Gasteiger partial charge in [-0.15, -0.1) is 0 Å². The summed E-state index contributed by atoms with van der Waals surface area (Å²) in [6, 6.07) is 73.8. The van der Waals surface area contributed by atoms with Gasteiger partial charge in [0.1, 0.15) is 5.69 Å². The van der Waals surface area contributed by atoms with E-state index in [-0.39, 0.29) is 0 Å². The Balaban J connectivity index is 1.14. The Morgan fingerprint density at radius 3 is 1.79 bits per heavy atom. The lowest BCUT2D eigenvalue weighted by Gasteiger charge is -2.14. The van der Waals surface area contributed by atoms with Crippen LogP contribution in [0.25, 0.3) is 110 Å². The van der Waals surface area contributed by atoms with E-state index in [1.165, 1.54) is 65.6 Å². The quantitative estimate of drug-likeness (QED) is 0.176. The third-order valence-corrected chi connectivity index (χ3v) is 11.7. The average molecular weight is 739 g/mol. The zero-order valence-electron chi connectivity index (χ0n) is 31.4. The van der Waals surface area contributed by atoms with Crippen LogP contribution in [0.2, 0.25) is 0 Å². The summed E-state index contributed by atoms with van der Waals surface area (Å²) in [5.74, 6) is 0.814. The van der Waals surface area contributed by atoms with Crippen LogP contribution in [0.5, 0.6) is 0 Å². The van der Waals surface area contributed by atoms with E-state index in [1.807, 2.05) is 24.3 Å². The molecule has 3 aromatic heterocycles. The number of para-hydroxylation sites is 3. The van der Waals surface area contributed by atoms with E-state index in [0.717, 1.165) is 44.8 Å². The first-order valence-electron chi connectivity index (χ1n) is 19.8. The lowest BCUT2D eigenvalue weighted by atomic mass is 9.96. The van der Waals surface area contributed by atoms with E-state index in [4.69, 9.17) is 9.97 Å². The van der Waals surface area contributed by atoms with Gasteiger partial charge >= 0.3 is 0 Å². The Kier molecular flexibility index (Phi) is 7.20. The van der Waals surface area contributed by atoms with Crippen LogP contribution in [0, 0.1) is 0 Å². The van der Waals surface area contributed by atoms with Crippen molar-refractivity contribution in [2.24, 2.45) is 0 Å². The van der Waals surface area contributed by atoms with E-state index in [0.29, 0.717) is 0 Å². The van der Waals surface area contributed by atoms with Crippen LogP contribution in [0.1, 0.15) is 0 Å². The molecule has 0 saturated heterocycles. The van der Waals surface area contributed by atoms with Crippen molar-refractivity contribution in [1.29, 1.82) is 0 Å². The predicted octanol–water partition coefficient (Wildman–Crippen LogP) is 14.0. The molecule has 58 heavy (non-hydrogen) atoms. The number of benzene rings is 9. The normalized spacial score (nSPS) is 11.8. The highest BCUT2D eigenvalue weighted by atomic mass is 15.1. The fourth-order valence-electron chi connectivity index (χ4n) is 9.11. The van der Waals surface area contributed by atoms with Gasteiger partial charge in [0.05, 0.1) is 33.1 Å². The summed E-state index contributed by atoms with van der Waals surface area (Å²) in [5, 5.41) is 7.26. The molecule has 12 aromatic rings. The highest BCUT2D eigenvalue weighted by Crippen LogP contribution is 2.44. The molecule has 0 saturated carbocycles. The molecule has 270 valence electrons. The monoisotopic (exact) mass is 738 g/mol. The van der Waals surface area contributed by atoms with Crippen LogP contribution in [-0.4, -0.2) is 19.1 Å². The summed E-state index contributed by atoms with van der Waals surface area (Å²) in [6.07, 6.45) is 0. The Bertz CT molecular complexity index is 3560. The van der Waals surface area contributed by atoms with Crippen molar-refractivity contribution in [3.05, 3.63) is 206 Å². The fraction of sp³-hybridized carbons (Fsp3) is 0. The zero-order chi connectivity index (χ0) is 38.2. The van der Waals surface area contributed by atoms with Crippen molar-refractivity contribution in [1.82, 2.24) is 19.1 Å². The standard InChI is InChI=1S/C54H34N4/c1-3-15-35(16-4-1)38-20-13-21-40(33-38)57-47-27-12-9-23-43(47)44-34-39(30-31-48(44)57)42-24-14-28-49-52(42)51-41-22-8-7-17-36(41)29-32-50(51)58(49)54-53(37-18-5-2-6-19-37)55-45-25-10-11-26-46(45)56-54/h1-34H. The van der Waals surface area contributed by atoms with Gasteiger partial charge in [-0.25, -0.2) is 9.97 Å². The van der Waals surface area contributed by atoms with Crippen LogP contribution in [0.3, 0.4) is 0 Å². The highest BCUT2D eigenvalue weighted by Gasteiger charge is 2.23. The van der Waals surface area contributed by atoms with Gasteiger partial charge in [0.25, 0.3) is 0 Å². The van der Waals surface area contributed by atoms with E-state index in [9.17, 15) is 0 Å². The zero-order valence-corrected chi connectivity index (χ0v) is 31.4. The van der Waals surface area contributed by atoms with Gasteiger partial charge in [-0.2, -0.15) is 0 Å². The molecule has 0 aliphatic rings. The maximum atomic E-state index is 5.41. The molecule has 12 rings (SSSR count). The third kappa shape index (κ3) is 4.95. The van der Waals surface area contributed by atoms with Crippen molar-refractivity contribution >= 4 is 65.4 Å². The minimum atomic E-state index is 0.814. The predicted molar refractivity (Wildman–Crippen MR) is 242 cm³/mol. The van der Waals surface area contributed by atoms with Crippen molar-refractivity contribution in [3.8, 4) is 45.0 Å². The van der Waals surface area contributed by atoms with Crippen molar-refractivity contribution in [3.63, 3.8) is 0 Å². The van der Waals surface area contributed by atoms with Gasteiger partial charge in [-0.1, -0.05) is 152 Å². The summed E-state index contributed by atoms with van der Waals surface area (Å²) in [7, 11) is 0. The molecule has 0 atom stereocenters. The first-order chi connectivity index (χ1) is 28.8. The van der Waals surface area contributed by atoms with Gasteiger partial charge in [0.15, 0.2) is 5.82 Å². The summed E-state index contributed by atoms with van der Waals surface area (Å²) >= 11 is 0. The van der Waals surface area contributed by atoms with E-state index in [1.54, 1.807) is 0 Å². The Morgan fingerprint density at radius 1 is 0.328 bits per heavy atom. The van der Waals surface area contributed by atoms with E-state index < -0.39 is 0 Å². The summed E-state index contributed by atoms with van der Waals surface area (Å²) < 4.78 is 4.75. The van der Waals surface area contributed by atoms with Crippen LogP contribution in [0.15, 0.2) is 206 Å². The topological polar surface area (TPSA) is 35.6 Å². The van der Waals surface area contributed by atoms with Crippen LogP contribution < -0.4 is 0 Å². The number of nitrogens with zero attached hydrogens (tertiary/aromatic N) is 4. The van der Waals surface area contributed by atoms with E-state index in [2.05, 4.69) is 191 Å². The van der Waals surface area contributed by atoms with Crippen molar-refractivity contribution < 1.29 is 0 Å². The Hall–Kier alpha value is -7.82. The molecule has 0 radical (unpaired) electrons. The maximum absolute atomic E-state index is 5.41. The molecule has 0 amide bonds. The molecule has 4 nitrogen and oxygen atoms in total. The Morgan fingerprint density at radius 2 is 0.948 bits per heavy atom. The van der Waals surface area contributed by atoms with Crippen molar-refractivity contribution in [2.45, 2.75) is 0 Å². The third-order valence-electron chi connectivity index (χ3n) is 11.7. The lowest BCUT2D eigenvalue weighted by Crippen LogP contribution is -2.03. The number of aromatic nitrogens is 4. The van der Waals surface area contributed by atoms with Gasteiger partial charge in [0.2, 0.25) is 0 Å². The second-order valence-corrected chi connectivity index (χ2v) is 15.0. The van der Waals surface area contributed by atoms with Gasteiger partial charge in [-0.3, -0.25) is 4.57 Å². The second-order valence-electron chi connectivity index (χ2n) is 15.0. The molecule has 0 aliphatic heterocycles. The Labute approximate surface area is 334 Å². The molecular weight excluding hydrogens is 705 g/mol. The minimum absolute atomic E-state index is 0.814. The fourth-order valence-corrected chi connectivity index (χ4v) is 9.11. The van der Waals surface area contributed by atoms with Gasteiger partial charge < -0.3 is 4.57 Å². The van der Waals surface area contributed by atoms with Gasteiger partial charge in [0, 0.05) is 32.8 Å². The number of hydrogen-bond acceptors (Lipinski definition) is 2. The summed E-state index contributed by atoms with van der Waals surface area (Å²) in [4.78, 5) is 10.7. The molecule has 4 heteroatoms. The minimum Gasteiger partial charge on any atom is -0.309 e. The smallest absolute Gasteiger partial charge is 0.165 e. The molecule has 0 spiro atoms. The molecule has 0 bridgehead atoms. The number of hydrogen-bond donors (Lipinski definition) is 0. The molecule has 9 aromatic carbocycles. The SMILES string of the molecule is c1ccc(-c2cccc(-n3c4ccccc4c4cc(-c5cccc6c5c5c7ccccc7ccc5n6-c5nc6ccccc6nc5-c5ccccc5)ccc43)c2)cc1. The largest absolute Gasteiger partial charge is 0.309 e. The molecule has 0 fully saturated rings. The highest BCUT2D eigenvalue weighted by molar-refractivity contribution is 6.25. The molecule has 0 unspecified atom stereocenters. The van der Waals surface area contributed by atoms with Crippen LogP contribution >= 0.6 is 0 Å². The molecule has 0 N–H and O–H groups in total. The average Bonchev–Trinajstić information content (AvgIpc) is 3.82. The second kappa shape index (κ2) is 12.9.